The van der Waals surface area contributed by atoms with Gasteiger partial charge in [-0.3, -0.25) is 4.98 Å². The molecule has 2 heterocycles. The second-order valence-corrected chi connectivity index (χ2v) is 4.74. The number of nitrogens with zero attached hydrogens (tertiary/aromatic N) is 3. The van der Waals surface area contributed by atoms with E-state index in [4.69, 9.17) is 4.74 Å². The Morgan fingerprint density at radius 3 is 2.53 bits per heavy atom. The largest absolute Gasteiger partial charge is 0.463 e. The third-order valence-corrected chi connectivity index (χ3v) is 2.74. The third-order valence-electron chi connectivity index (χ3n) is 2.19. The molecule has 88 valence electrons. The number of aryl methyl sites for hydroxylation is 1. The quantitative estimate of drug-likeness (QED) is 0.619. The Hall–Kier alpha value is -1.24. The first kappa shape index (κ1) is 12.2. The molecule has 0 fully saturated rings. The molecule has 17 heavy (non-hydrogen) atoms. The molecule has 0 bridgehead atoms. The predicted molar refractivity (Wildman–Crippen MR) is 72.8 cm³/mol. The molecule has 0 aromatic carbocycles. The number of ether oxygens (including phenoxy) is 1. The van der Waals surface area contributed by atoms with Crippen LogP contribution in [0, 0.1) is 3.57 Å². The van der Waals surface area contributed by atoms with E-state index in [9.17, 15) is 0 Å². The Morgan fingerprint density at radius 1 is 1.12 bits per heavy atom. The van der Waals surface area contributed by atoms with Crippen LogP contribution in [0.25, 0.3) is 0 Å². The summed E-state index contributed by atoms with van der Waals surface area (Å²) < 4.78 is 6.45. The van der Waals surface area contributed by atoms with Gasteiger partial charge in [0.2, 0.25) is 0 Å². The fourth-order valence-corrected chi connectivity index (χ4v) is 1.64. The molecule has 2 aromatic rings. The van der Waals surface area contributed by atoms with Crippen LogP contribution in [0.3, 0.4) is 0 Å². The smallest absolute Gasteiger partial charge is 0.316 e. The highest BCUT2D eigenvalue weighted by atomic mass is 127. The van der Waals surface area contributed by atoms with E-state index in [0.717, 1.165) is 16.4 Å². The van der Waals surface area contributed by atoms with Gasteiger partial charge >= 0.3 is 6.01 Å². The molecule has 2 aromatic heterocycles. The van der Waals surface area contributed by atoms with E-state index in [0.29, 0.717) is 12.6 Å². The Labute approximate surface area is 114 Å². The highest BCUT2D eigenvalue weighted by Gasteiger charge is 1.97. The molecule has 5 heteroatoms. The molecular formula is C12H12IN3O. The van der Waals surface area contributed by atoms with Crippen molar-refractivity contribution >= 4 is 22.6 Å². The molecule has 0 aliphatic heterocycles. The van der Waals surface area contributed by atoms with Gasteiger partial charge in [0.25, 0.3) is 0 Å². The van der Waals surface area contributed by atoms with Gasteiger partial charge in [-0.15, -0.1) is 0 Å². The first-order chi connectivity index (χ1) is 8.34. The SMILES string of the molecule is Ic1cnc(OCCCc2ccncc2)nc1. The van der Waals surface area contributed by atoms with Crippen LogP contribution in [-0.4, -0.2) is 21.6 Å². The Balaban J connectivity index is 1.71. The molecule has 4 nitrogen and oxygen atoms in total. The molecular weight excluding hydrogens is 329 g/mol. The van der Waals surface area contributed by atoms with E-state index in [2.05, 4.69) is 37.5 Å². The van der Waals surface area contributed by atoms with E-state index in [1.54, 1.807) is 24.8 Å². The highest BCUT2D eigenvalue weighted by Crippen LogP contribution is 2.06. The van der Waals surface area contributed by atoms with Gasteiger partial charge in [0, 0.05) is 28.4 Å². The fraction of sp³-hybridized carbons (Fsp3) is 0.250. The summed E-state index contributed by atoms with van der Waals surface area (Å²) in [6, 6.07) is 4.48. The molecule has 0 amide bonds. The number of pyridine rings is 1. The topological polar surface area (TPSA) is 47.9 Å². The van der Waals surface area contributed by atoms with E-state index in [1.165, 1.54) is 5.56 Å². The van der Waals surface area contributed by atoms with Crippen molar-refractivity contribution in [2.24, 2.45) is 0 Å². The van der Waals surface area contributed by atoms with Crippen LogP contribution in [0.5, 0.6) is 6.01 Å². The van der Waals surface area contributed by atoms with Crippen LogP contribution in [0.15, 0.2) is 36.9 Å². The molecule has 0 saturated heterocycles. The number of halogens is 1. The summed E-state index contributed by atoms with van der Waals surface area (Å²) in [6.07, 6.45) is 9.01. The maximum Gasteiger partial charge on any atom is 0.316 e. The lowest BCUT2D eigenvalue weighted by Crippen LogP contribution is -2.02. The lowest BCUT2D eigenvalue weighted by molar-refractivity contribution is 0.286. The van der Waals surface area contributed by atoms with Crippen LogP contribution in [0.2, 0.25) is 0 Å². The summed E-state index contributed by atoms with van der Waals surface area (Å²) in [5.74, 6) is 0. The summed E-state index contributed by atoms with van der Waals surface area (Å²) in [7, 11) is 0. The van der Waals surface area contributed by atoms with Gasteiger partial charge in [-0.25, -0.2) is 9.97 Å². The zero-order valence-electron chi connectivity index (χ0n) is 9.21. The molecule has 2 rings (SSSR count). The molecule has 0 radical (unpaired) electrons. The summed E-state index contributed by atoms with van der Waals surface area (Å²) in [5.41, 5.74) is 1.27. The Kier molecular flexibility index (Phi) is 4.66. The van der Waals surface area contributed by atoms with Crippen molar-refractivity contribution in [1.82, 2.24) is 15.0 Å². The van der Waals surface area contributed by atoms with Gasteiger partial charge in [-0.1, -0.05) is 0 Å². The maximum absolute atomic E-state index is 5.44. The van der Waals surface area contributed by atoms with Crippen LogP contribution < -0.4 is 4.74 Å². The Bertz CT molecular complexity index is 447. The van der Waals surface area contributed by atoms with Gasteiger partial charge in [-0.05, 0) is 53.1 Å². The summed E-state index contributed by atoms with van der Waals surface area (Å²) in [5, 5.41) is 0. The number of rotatable bonds is 5. The van der Waals surface area contributed by atoms with E-state index in [-0.39, 0.29) is 0 Å². The second-order valence-electron chi connectivity index (χ2n) is 3.49. The number of aromatic nitrogens is 3. The molecule has 0 unspecified atom stereocenters. The average Bonchev–Trinajstić information content (AvgIpc) is 2.38. The van der Waals surface area contributed by atoms with E-state index >= 15 is 0 Å². The first-order valence-electron chi connectivity index (χ1n) is 5.34. The molecule has 0 aliphatic rings. The molecule has 0 spiro atoms. The monoisotopic (exact) mass is 341 g/mol. The van der Waals surface area contributed by atoms with Crippen LogP contribution >= 0.6 is 22.6 Å². The minimum absolute atomic E-state index is 0.445. The molecule has 0 saturated carbocycles. The second kappa shape index (κ2) is 6.48. The standard InChI is InChI=1S/C12H12IN3O/c13-11-8-15-12(16-9-11)17-7-1-2-10-3-5-14-6-4-10/h3-6,8-9H,1-2,7H2. The number of hydrogen-bond acceptors (Lipinski definition) is 4. The lowest BCUT2D eigenvalue weighted by Gasteiger charge is -2.03. The lowest BCUT2D eigenvalue weighted by atomic mass is 10.1. The van der Waals surface area contributed by atoms with Crippen molar-refractivity contribution < 1.29 is 4.74 Å². The number of hydrogen-bond donors (Lipinski definition) is 0. The van der Waals surface area contributed by atoms with Gasteiger partial charge in [0.05, 0.1) is 6.61 Å². The zero-order valence-corrected chi connectivity index (χ0v) is 11.4. The maximum atomic E-state index is 5.44. The van der Waals surface area contributed by atoms with Crippen molar-refractivity contribution in [3.63, 3.8) is 0 Å². The first-order valence-corrected chi connectivity index (χ1v) is 6.42. The van der Waals surface area contributed by atoms with Crippen molar-refractivity contribution in [1.29, 1.82) is 0 Å². The van der Waals surface area contributed by atoms with E-state index < -0.39 is 0 Å². The third kappa shape index (κ3) is 4.26. The minimum Gasteiger partial charge on any atom is -0.463 e. The van der Waals surface area contributed by atoms with Crippen molar-refractivity contribution in [3.8, 4) is 6.01 Å². The van der Waals surface area contributed by atoms with Gasteiger partial charge < -0.3 is 4.74 Å². The van der Waals surface area contributed by atoms with Crippen molar-refractivity contribution in [2.45, 2.75) is 12.8 Å². The normalized spacial score (nSPS) is 10.2. The zero-order chi connectivity index (χ0) is 11.9. The highest BCUT2D eigenvalue weighted by molar-refractivity contribution is 14.1. The Morgan fingerprint density at radius 2 is 1.82 bits per heavy atom. The predicted octanol–water partition coefficient (Wildman–Crippen LogP) is 2.49. The van der Waals surface area contributed by atoms with Crippen molar-refractivity contribution in [3.05, 3.63) is 46.1 Å². The van der Waals surface area contributed by atoms with Gasteiger partial charge in [-0.2, -0.15) is 0 Å². The fourth-order valence-electron chi connectivity index (χ4n) is 1.36. The molecule has 0 N–H and O–H groups in total. The van der Waals surface area contributed by atoms with Gasteiger partial charge in [0.1, 0.15) is 0 Å². The molecule has 0 aliphatic carbocycles. The van der Waals surface area contributed by atoms with Crippen LogP contribution in [0.4, 0.5) is 0 Å². The van der Waals surface area contributed by atoms with Crippen molar-refractivity contribution in [2.75, 3.05) is 6.61 Å². The minimum atomic E-state index is 0.445. The van der Waals surface area contributed by atoms with Gasteiger partial charge in [0.15, 0.2) is 0 Å². The summed E-state index contributed by atoms with van der Waals surface area (Å²) >= 11 is 2.16. The van der Waals surface area contributed by atoms with Crippen LogP contribution in [0.1, 0.15) is 12.0 Å². The summed E-state index contributed by atoms with van der Waals surface area (Å²) in [6.45, 7) is 0.628. The average molecular weight is 341 g/mol. The molecule has 0 atom stereocenters. The summed E-state index contributed by atoms with van der Waals surface area (Å²) in [4.78, 5) is 12.1. The van der Waals surface area contributed by atoms with Crippen LogP contribution in [-0.2, 0) is 6.42 Å². The van der Waals surface area contributed by atoms with E-state index in [1.807, 2.05) is 12.1 Å².